The molecule has 0 radical (unpaired) electrons. The van der Waals surface area contributed by atoms with Crippen LogP contribution in [0, 0.1) is 19.3 Å². The average Bonchev–Trinajstić information content (AvgIpc) is 2.88. The van der Waals surface area contributed by atoms with Gasteiger partial charge in [-0.2, -0.15) is 0 Å². The lowest BCUT2D eigenvalue weighted by Gasteiger charge is -2.21. The van der Waals surface area contributed by atoms with E-state index in [2.05, 4.69) is 46.8 Å². The number of rotatable bonds is 5. The van der Waals surface area contributed by atoms with Gasteiger partial charge < -0.3 is 10.6 Å². The second kappa shape index (κ2) is 7.99. The smallest absolute Gasteiger partial charge is 0.248 e. The summed E-state index contributed by atoms with van der Waals surface area (Å²) in [6.45, 7) is 11.1. The van der Waals surface area contributed by atoms with Crippen molar-refractivity contribution in [2.45, 2.75) is 54.0 Å². The van der Waals surface area contributed by atoms with Crippen molar-refractivity contribution in [2.24, 2.45) is 5.41 Å². The first-order valence-corrected chi connectivity index (χ1v) is 9.51. The van der Waals surface area contributed by atoms with Crippen LogP contribution < -0.4 is 10.6 Å². The molecular formula is C20H27N3O2S. The maximum absolute atomic E-state index is 12.3. The minimum Gasteiger partial charge on any atom is -0.344 e. The Morgan fingerprint density at radius 2 is 1.77 bits per heavy atom. The quantitative estimate of drug-likeness (QED) is 0.836. The largest absolute Gasteiger partial charge is 0.344 e. The number of amides is 2. The summed E-state index contributed by atoms with van der Waals surface area (Å²) in [6, 6.07) is 7.78. The summed E-state index contributed by atoms with van der Waals surface area (Å²) in [5, 5.41) is 6.10. The molecule has 1 atom stereocenters. The first-order valence-electron chi connectivity index (χ1n) is 8.70. The minimum absolute atomic E-state index is 0.157. The van der Waals surface area contributed by atoms with Crippen LogP contribution in [0.5, 0.6) is 0 Å². The van der Waals surface area contributed by atoms with E-state index < -0.39 is 11.5 Å². The number of nitrogens with one attached hydrogen (secondary N) is 2. The van der Waals surface area contributed by atoms with Crippen LogP contribution in [-0.2, 0) is 16.0 Å². The van der Waals surface area contributed by atoms with Gasteiger partial charge in [0.15, 0.2) is 5.13 Å². The van der Waals surface area contributed by atoms with Crippen LogP contribution in [0.3, 0.4) is 0 Å². The summed E-state index contributed by atoms with van der Waals surface area (Å²) < 4.78 is 0. The lowest BCUT2D eigenvalue weighted by Crippen LogP contribution is -2.46. The van der Waals surface area contributed by atoms with E-state index in [1.165, 1.54) is 22.5 Å². The van der Waals surface area contributed by atoms with Gasteiger partial charge in [-0.15, -0.1) is 11.3 Å². The van der Waals surface area contributed by atoms with E-state index in [4.69, 9.17) is 0 Å². The minimum atomic E-state index is -0.619. The highest BCUT2D eigenvalue weighted by molar-refractivity contribution is 7.15. The molecule has 0 aliphatic carbocycles. The number of aromatic nitrogens is 1. The summed E-state index contributed by atoms with van der Waals surface area (Å²) in [4.78, 5) is 29.9. The van der Waals surface area contributed by atoms with Gasteiger partial charge in [0.1, 0.15) is 6.04 Å². The van der Waals surface area contributed by atoms with Crippen molar-refractivity contribution < 1.29 is 9.59 Å². The fourth-order valence-corrected chi connectivity index (χ4v) is 3.23. The number of carbonyl (C=O) groups excluding carboxylic acids is 2. The van der Waals surface area contributed by atoms with Gasteiger partial charge in [0.25, 0.3) is 0 Å². The summed E-state index contributed by atoms with van der Waals surface area (Å²) in [5.41, 5.74) is 2.82. The number of thiazole rings is 1. The van der Waals surface area contributed by atoms with Crippen LogP contribution in [0.4, 0.5) is 5.13 Å². The van der Waals surface area contributed by atoms with Crippen molar-refractivity contribution in [2.75, 3.05) is 5.32 Å². The third-order valence-corrected chi connectivity index (χ3v) is 5.10. The summed E-state index contributed by atoms with van der Waals surface area (Å²) in [6.07, 6.45) is 0.788. The Kier molecular flexibility index (Phi) is 6.18. The Hall–Kier alpha value is -2.21. The molecule has 2 aromatic rings. The molecule has 0 fully saturated rings. The molecule has 0 saturated carbocycles. The maximum Gasteiger partial charge on any atom is 0.248 e. The molecule has 2 N–H and O–H groups in total. The van der Waals surface area contributed by atoms with Crippen molar-refractivity contribution in [3.05, 3.63) is 46.0 Å². The monoisotopic (exact) mass is 373 g/mol. The van der Waals surface area contributed by atoms with E-state index >= 15 is 0 Å². The van der Waals surface area contributed by atoms with Crippen molar-refractivity contribution in [3.63, 3.8) is 0 Å². The van der Waals surface area contributed by atoms with E-state index in [1.54, 1.807) is 6.92 Å². The van der Waals surface area contributed by atoms with Crippen LogP contribution in [0.1, 0.15) is 49.4 Å². The number of aryl methyl sites for hydroxylation is 2. The van der Waals surface area contributed by atoms with E-state index in [1.807, 2.05) is 27.7 Å². The maximum atomic E-state index is 12.3. The number of anilines is 1. The topological polar surface area (TPSA) is 71.1 Å². The first-order chi connectivity index (χ1) is 12.1. The molecule has 26 heavy (non-hydrogen) atoms. The molecule has 5 nitrogen and oxygen atoms in total. The Balaban J connectivity index is 2.00. The molecule has 0 spiro atoms. The van der Waals surface area contributed by atoms with Gasteiger partial charge in [-0.1, -0.05) is 50.6 Å². The molecule has 2 rings (SSSR count). The van der Waals surface area contributed by atoms with Crippen LogP contribution >= 0.6 is 11.3 Å². The van der Waals surface area contributed by atoms with E-state index in [0.717, 1.165) is 17.0 Å². The zero-order valence-corrected chi connectivity index (χ0v) is 17.1. The van der Waals surface area contributed by atoms with E-state index in [9.17, 15) is 9.59 Å². The number of hydrogen-bond donors (Lipinski definition) is 2. The summed E-state index contributed by atoms with van der Waals surface area (Å²) in [5.74, 6) is -0.422. The van der Waals surface area contributed by atoms with Crippen molar-refractivity contribution in [1.82, 2.24) is 10.3 Å². The first kappa shape index (κ1) is 20.1. The molecule has 0 aliphatic heterocycles. The Morgan fingerprint density at radius 3 is 2.35 bits per heavy atom. The molecule has 0 saturated heterocycles. The van der Waals surface area contributed by atoms with Gasteiger partial charge in [0.05, 0.1) is 5.69 Å². The molecule has 140 valence electrons. The predicted octanol–water partition coefficient (Wildman–Crippen LogP) is 3.84. The number of hydrogen-bond acceptors (Lipinski definition) is 4. The molecule has 1 aromatic carbocycles. The lowest BCUT2D eigenvalue weighted by molar-refractivity contribution is -0.131. The van der Waals surface area contributed by atoms with Crippen LogP contribution in [-0.4, -0.2) is 22.8 Å². The van der Waals surface area contributed by atoms with Gasteiger partial charge in [-0.3, -0.25) is 9.59 Å². The third kappa shape index (κ3) is 5.39. The van der Waals surface area contributed by atoms with Gasteiger partial charge in [0, 0.05) is 16.7 Å². The highest BCUT2D eigenvalue weighted by atomic mass is 32.1. The van der Waals surface area contributed by atoms with Gasteiger partial charge in [-0.05, 0) is 26.3 Å². The average molecular weight is 374 g/mol. The van der Waals surface area contributed by atoms with Crippen LogP contribution in [0.15, 0.2) is 24.3 Å². The molecule has 1 heterocycles. The molecule has 0 bridgehead atoms. The standard InChI is InChI=1S/C20H27N3O2S/c1-12-7-9-15(10-8-12)11-16-13(2)22-19(26-16)23-17(24)14(3)21-18(25)20(4,5)6/h7-10,14H,11H2,1-6H3,(H,21,25)(H,22,23,24). The molecule has 6 heteroatoms. The highest BCUT2D eigenvalue weighted by Gasteiger charge is 2.25. The summed E-state index contributed by atoms with van der Waals surface area (Å²) in [7, 11) is 0. The fraction of sp³-hybridized carbons (Fsp3) is 0.450. The Labute approximate surface area is 159 Å². The normalized spacial score (nSPS) is 12.5. The van der Waals surface area contributed by atoms with E-state index in [0.29, 0.717) is 5.13 Å². The fourth-order valence-electron chi connectivity index (χ4n) is 2.23. The molecule has 0 aliphatic rings. The van der Waals surface area contributed by atoms with Crippen LogP contribution in [0.25, 0.3) is 0 Å². The SMILES string of the molecule is Cc1ccc(Cc2sc(NC(=O)C(C)NC(=O)C(C)(C)C)nc2C)cc1. The molecule has 2 amide bonds. The van der Waals surface area contributed by atoms with Crippen molar-refractivity contribution in [3.8, 4) is 0 Å². The highest BCUT2D eigenvalue weighted by Crippen LogP contribution is 2.25. The van der Waals surface area contributed by atoms with Crippen molar-refractivity contribution >= 4 is 28.3 Å². The number of carbonyl (C=O) groups is 2. The predicted molar refractivity (Wildman–Crippen MR) is 107 cm³/mol. The van der Waals surface area contributed by atoms with Gasteiger partial charge in [0.2, 0.25) is 11.8 Å². The van der Waals surface area contributed by atoms with Gasteiger partial charge >= 0.3 is 0 Å². The van der Waals surface area contributed by atoms with Crippen LogP contribution in [0.2, 0.25) is 0 Å². The second-order valence-corrected chi connectivity index (χ2v) is 8.71. The Morgan fingerprint density at radius 1 is 1.15 bits per heavy atom. The molecule has 1 unspecified atom stereocenters. The van der Waals surface area contributed by atoms with Gasteiger partial charge in [-0.25, -0.2) is 4.98 Å². The summed E-state index contributed by atoms with van der Waals surface area (Å²) >= 11 is 1.47. The van der Waals surface area contributed by atoms with Crippen molar-refractivity contribution in [1.29, 1.82) is 0 Å². The Bertz CT molecular complexity index is 788. The zero-order chi connectivity index (χ0) is 19.5. The molecule has 1 aromatic heterocycles. The number of benzene rings is 1. The second-order valence-electron chi connectivity index (χ2n) is 7.62. The zero-order valence-electron chi connectivity index (χ0n) is 16.3. The van der Waals surface area contributed by atoms with E-state index in [-0.39, 0.29) is 11.8 Å². The number of nitrogens with zero attached hydrogens (tertiary/aromatic N) is 1. The third-order valence-electron chi connectivity index (χ3n) is 4.03. The lowest BCUT2D eigenvalue weighted by atomic mass is 9.95. The molecular weight excluding hydrogens is 346 g/mol.